The van der Waals surface area contributed by atoms with Crippen LogP contribution in [0.2, 0.25) is 0 Å². The maximum atomic E-state index is 14.4. The molecule has 0 aliphatic carbocycles. The van der Waals surface area contributed by atoms with Gasteiger partial charge in [0.25, 0.3) is 5.91 Å². The van der Waals surface area contributed by atoms with E-state index in [-0.39, 0.29) is 29.3 Å². The average molecular weight is 458 g/mol. The third-order valence-electron chi connectivity index (χ3n) is 4.44. The highest BCUT2D eigenvalue weighted by Gasteiger charge is 2.18. The van der Waals surface area contributed by atoms with Gasteiger partial charge < -0.3 is 24.6 Å². The number of ether oxygens (including phenoxy) is 3. The van der Waals surface area contributed by atoms with Gasteiger partial charge in [0.15, 0.2) is 6.10 Å². The monoisotopic (exact) mass is 458 g/mol. The molecule has 0 unspecified atom stereocenters. The summed E-state index contributed by atoms with van der Waals surface area (Å²) in [6.07, 6.45) is -0.249. The molecule has 1 amide bonds. The van der Waals surface area contributed by atoms with Gasteiger partial charge in [0.05, 0.1) is 13.3 Å². The van der Waals surface area contributed by atoms with Gasteiger partial charge >= 0.3 is 5.97 Å². The molecule has 10 heteroatoms. The van der Waals surface area contributed by atoms with Crippen LogP contribution in [-0.4, -0.2) is 35.2 Å². The normalized spacial score (nSPS) is 11.4. The lowest BCUT2D eigenvalue weighted by atomic mass is 10.2. The number of benzene rings is 2. The Morgan fingerprint density at radius 3 is 2.55 bits per heavy atom. The number of hydrogen-bond acceptors (Lipinski definition) is 6. The zero-order valence-electron chi connectivity index (χ0n) is 17.7. The summed E-state index contributed by atoms with van der Waals surface area (Å²) in [6.45, 7) is 1.08. The average Bonchev–Trinajstić information content (AvgIpc) is 2.79. The molecule has 1 aromatic heterocycles. The molecule has 0 spiro atoms. The number of methoxy groups -OCH3 is 1. The fourth-order valence-corrected chi connectivity index (χ4v) is 2.72. The van der Waals surface area contributed by atoms with E-state index in [0.29, 0.717) is 11.5 Å². The number of halogens is 2. The standard InChI is InChI=1S/C23H20F2N2O6/c1-13(23(29)30)32-18-7-6-14(20(25)10-18)11-26-21(28)19-8-15(24)12-27-22(19)33-17-5-3-4-16(9-17)31-2/h3-10,12-13H,11H2,1-2H3,(H,26,28)(H,29,30)/t13-/m1/s1. The molecule has 2 aromatic carbocycles. The fraction of sp³-hybridized carbons (Fsp3) is 0.174. The molecule has 3 rings (SSSR count). The van der Waals surface area contributed by atoms with Crippen LogP contribution in [0.15, 0.2) is 54.7 Å². The predicted octanol–water partition coefficient (Wildman–Crippen LogP) is 3.94. The van der Waals surface area contributed by atoms with Gasteiger partial charge in [0, 0.05) is 24.2 Å². The van der Waals surface area contributed by atoms with Gasteiger partial charge in [-0.2, -0.15) is 0 Å². The molecule has 1 atom stereocenters. The minimum atomic E-state index is -1.19. The van der Waals surface area contributed by atoms with Crippen LogP contribution in [0.25, 0.3) is 0 Å². The maximum absolute atomic E-state index is 14.4. The predicted molar refractivity (Wildman–Crippen MR) is 113 cm³/mol. The van der Waals surface area contributed by atoms with Crippen molar-refractivity contribution in [3.05, 3.63) is 77.5 Å². The Kier molecular flexibility index (Phi) is 7.39. The van der Waals surface area contributed by atoms with Gasteiger partial charge in [0.1, 0.15) is 34.4 Å². The van der Waals surface area contributed by atoms with E-state index >= 15 is 0 Å². The first-order valence-corrected chi connectivity index (χ1v) is 9.70. The number of pyridine rings is 1. The zero-order valence-corrected chi connectivity index (χ0v) is 17.7. The molecule has 3 aromatic rings. The lowest BCUT2D eigenvalue weighted by Crippen LogP contribution is -2.24. The van der Waals surface area contributed by atoms with Crippen LogP contribution in [0.3, 0.4) is 0 Å². The number of amides is 1. The summed E-state index contributed by atoms with van der Waals surface area (Å²) in [5.74, 6) is -2.67. The Labute approximate surface area is 187 Å². The van der Waals surface area contributed by atoms with Crippen LogP contribution in [0, 0.1) is 11.6 Å². The third kappa shape index (κ3) is 6.16. The van der Waals surface area contributed by atoms with E-state index < -0.39 is 29.6 Å². The number of hydrogen-bond donors (Lipinski definition) is 2. The molecule has 0 fully saturated rings. The molecule has 0 saturated carbocycles. The molecular formula is C23H20F2N2O6. The van der Waals surface area contributed by atoms with Gasteiger partial charge in [-0.15, -0.1) is 0 Å². The van der Waals surface area contributed by atoms with E-state index in [4.69, 9.17) is 19.3 Å². The molecule has 0 aliphatic heterocycles. The van der Waals surface area contributed by atoms with Crippen LogP contribution < -0.4 is 19.5 Å². The van der Waals surface area contributed by atoms with Crippen LogP contribution in [0.4, 0.5) is 8.78 Å². The maximum Gasteiger partial charge on any atom is 0.344 e. The van der Waals surface area contributed by atoms with Crippen molar-refractivity contribution >= 4 is 11.9 Å². The summed E-state index contributed by atoms with van der Waals surface area (Å²) in [5.41, 5.74) is -0.0771. The van der Waals surface area contributed by atoms with Gasteiger partial charge in [-0.05, 0) is 31.2 Å². The molecule has 33 heavy (non-hydrogen) atoms. The molecule has 8 nitrogen and oxygen atoms in total. The summed E-state index contributed by atoms with van der Waals surface area (Å²) < 4.78 is 44.0. The number of aromatic nitrogens is 1. The van der Waals surface area contributed by atoms with Crippen molar-refractivity contribution in [2.75, 3.05) is 7.11 Å². The number of carboxylic acids is 1. The van der Waals surface area contributed by atoms with Gasteiger partial charge in [-0.1, -0.05) is 12.1 Å². The second-order valence-electron chi connectivity index (χ2n) is 6.82. The van der Waals surface area contributed by atoms with Crippen molar-refractivity contribution in [1.82, 2.24) is 10.3 Å². The molecule has 0 aliphatic rings. The molecule has 0 bridgehead atoms. The Bertz CT molecular complexity index is 1170. The number of carboxylic acid groups (broad SMARTS) is 1. The zero-order chi connectivity index (χ0) is 24.0. The highest BCUT2D eigenvalue weighted by molar-refractivity contribution is 5.96. The number of nitrogens with one attached hydrogen (secondary N) is 1. The van der Waals surface area contributed by atoms with Crippen molar-refractivity contribution in [2.24, 2.45) is 0 Å². The molecule has 1 heterocycles. The first kappa shape index (κ1) is 23.5. The van der Waals surface area contributed by atoms with Gasteiger partial charge in [0.2, 0.25) is 5.88 Å². The molecular weight excluding hydrogens is 438 g/mol. The molecule has 0 saturated heterocycles. The van der Waals surface area contributed by atoms with Crippen molar-refractivity contribution in [3.63, 3.8) is 0 Å². The van der Waals surface area contributed by atoms with E-state index in [1.807, 2.05) is 0 Å². The Hall–Kier alpha value is -4.21. The lowest BCUT2D eigenvalue weighted by molar-refractivity contribution is -0.144. The van der Waals surface area contributed by atoms with Gasteiger partial charge in [-0.3, -0.25) is 4.79 Å². The first-order chi connectivity index (χ1) is 15.8. The third-order valence-corrected chi connectivity index (χ3v) is 4.44. The quantitative estimate of drug-likeness (QED) is 0.500. The Balaban J connectivity index is 1.72. The SMILES string of the molecule is COc1cccc(Oc2ncc(F)cc2C(=O)NCc2ccc(O[C@H](C)C(=O)O)cc2F)c1. The number of rotatable bonds is 9. The summed E-state index contributed by atoms with van der Waals surface area (Å²) in [7, 11) is 1.48. The highest BCUT2D eigenvalue weighted by Crippen LogP contribution is 2.27. The minimum absolute atomic E-state index is 0.0285. The topological polar surface area (TPSA) is 107 Å². The summed E-state index contributed by atoms with van der Waals surface area (Å²) >= 11 is 0. The number of carbonyl (C=O) groups is 2. The highest BCUT2D eigenvalue weighted by atomic mass is 19.1. The van der Waals surface area contributed by atoms with Crippen molar-refractivity contribution in [3.8, 4) is 23.1 Å². The molecule has 0 radical (unpaired) electrons. The van der Waals surface area contributed by atoms with E-state index in [0.717, 1.165) is 18.3 Å². The molecule has 172 valence electrons. The van der Waals surface area contributed by atoms with Crippen molar-refractivity contribution in [2.45, 2.75) is 19.6 Å². The van der Waals surface area contributed by atoms with Crippen LogP contribution in [-0.2, 0) is 11.3 Å². The second kappa shape index (κ2) is 10.4. The summed E-state index contributed by atoms with van der Waals surface area (Å²) in [5, 5.41) is 11.4. The largest absolute Gasteiger partial charge is 0.497 e. The second-order valence-corrected chi connectivity index (χ2v) is 6.82. The Morgan fingerprint density at radius 1 is 1.09 bits per heavy atom. The lowest BCUT2D eigenvalue weighted by Gasteiger charge is -2.13. The number of nitrogens with zero attached hydrogens (tertiary/aromatic N) is 1. The minimum Gasteiger partial charge on any atom is -0.497 e. The summed E-state index contributed by atoms with van der Waals surface area (Å²) in [6, 6.07) is 11.2. The van der Waals surface area contributed by atoms with Crippen LogP contribution in [0.1, 0.15) is 22.8 Å². The fourth-order valence-electron chi connectivity index (χ4n) is 2.72. The van der Waals surface area contributed by atoms with Crippen LogP contribution >= 0.6 is 0 Å². The number of carbonyl (C=O) groups excluding carboxylic acids is 1. The smallest absolute Gasteiger partial charge is 0.344 e. The van der Waals surface area contributed by atoms with Crippen molar-refractivity contribution in [1.29, 1.82) is 0 Å². The van der Waals surface area contributed by atoms with E-state index in [9.17, 15) is 18.4 Å². The van der Waals surface area contributed by atoms with E-state index in [2.05, 4.69) is 10.3 Å². The van der Waals surface area contributed by atoms with Gasteiger partial charge in [-0.25, -0.2) is 18.6 Å². The van der Waals surface area contributed by atoms with Crippen LogP contribution in [0.5, 0.6) is 23.1 Å². The van der Waals surface area contributed by atoms with E-state index in [1.165, 1.54) is 26.2 Å². The number of aliphatic carboxylic acids is 1. The molecule has 2 N–H and O–H groups in total. The first-order valence-electron chi connectivity index (χ1n) is 9.70. The van der Waals surface area contributed by atoms with Crippen molar-refractivity contribution < 1.29 is 37.7 Å². The Morgan fingerprint density at radius 2 is 1.85 bits per heavy atom. The van der Waals surface area contributed by atoms with E-state index in [1.54, 1.807) is 24.3 Å². The summed E-state index contributed by atoms with van der Waals surface area (Å²) in [4.78, 5) is 27.4.